The third kappa shape index (κ3) is 6.46. The number of hydrogen-bond donors (Lipinski definition) is 2. The fourth-order valence-corrected chi connectivity index (χ4v) is 3.78. The number of hydrogen-bond acceptors (Lipinski definition) is 5. The lowest BCUT2D eigenvalue weighted by molar-refractivity contribution is 0.368. The van der Waals surface area contributed by atoms with E-state index in [0.29, 0.717) is 23.8 Å². The highest BCUT2D eigenvalue weighted by Crippen LogP contribution is 2.33. The molecule has 1 atom stereocenters. The Labute approximate surface area is 206 Å². The van der Waals surface area contributed by atoms with Crippen LogP contribution in [0.25, 0.3) is 0 Å². The minimum absolute atomic E-state index is 0. The van der Waals surface area contributed by atoms with Crippen LogP contribution in [0.4, 0.5) is 5.69 Å². The van der Waals surface area contributed by atoms with Gasteiger partial charge >= 0.3 is 0 Å². The largest absolute Gasteiger partial charge is 0.496 e. The van der Waals surface area contributed by atoms with Crippen LogP contribution in [0.1, 0.15) is 12.0 Å². The van der Waals surface area contributed by atoms with E-state index < -0.39 is 0 Å². The highest BCUT2D eigenvalue weighted by Gasteiger charge is 2.24. The number of ether oxygens (including phenoxy) is 3. The molecule has 1 aliphatic rings. The summed E-state index contributed by atoms with van der Waals surface area (Å²) in [5.41, 5.74) is 2.04. The van der Waals surface area contributed by atoms with Crippen LogP contribution in [0.3, 0.4) is 0 Å². The molecule has 9 heteroatoms. The van der Waals surface area contributed by atoms with Gasteiger partial charge in [-0.2, -0.15) is 0 Å². The summed E-state index contributed by atoms with van der Waals surface area (Å²) >= 11 is 6.13. The second kappa shape index (κ2) is 12.1. The Morgan fingerprint density at radius 1 is 1.13 bits per heavy atom. The summed E-state index contributed by atoms with van der Waals surface area (Å²) in [7, 11) is 6.65. The smallest absolute Gasteiger partial charge is 0.191 e. The molecule has 0 saturated carbocycles. The first-order chi connectivity index (χ1) is 14.6. The number of aliphatic imine (C=N–C) groups is 1. The van der Waals surface area contributed by atoms with Crippen molar-refractivity contribution in [2.45, 2.75) is 19.0 Å². The molecule has 2 N–H and O–H groups in total. The minimum atomic E-state index is 0. The molecule has 0 spiro atoms. The van der Waals surface area contributed by atoms with Gasteiger partial charge in [0.25, 0.3) is 0 Å². The van der Waals surface area contributed by atoms with Crippen LogP contribution in [-0.4, -0.2) is 53.5 Å². The minimum Gasteiger partial charge on any atom is -0.496 e. The topological polar surface area (TPSA) is 67.4 Å². The molecule has 0 amide bonds. The predicted molar refractivity (Wildman–Crippen MR) is 137 cm³/mol. The Morgan fingerprint density at radius 2 is 1.84 bits per heavy atom. The molecule has 7 nitrogen and oxygen atoms in total. The van der Waals surface area contributed by atoms with Gasteiger partial charge in [0.15, 0.2) is 5.96 Å². The van der Waals surface area contributed by atoms with Crippen molar-refractivity contribution in [2.75, 3.05) is 46.4 Å². The zero-order valence-corrected chi connectivity index (χ0v) is 21.4. The second-order valence-corrected chi connectivity index (χ2v) is 7.43. The zero-order chi connectivity index (χ0) is 21.5. The number of rotatable bonds is 7. The summed E-state index contributed by atoms with van der Waals surface area (Å²) in [6.07, 6.45) is 1.02. The average Bonchev–Trinajstić information content (AvgIpc) is 3.24. The van der Waals surface area contributed by atoms with E-state index in [4.69, 9.17) is 25.8 Å². The molecule has 1 saturated heterocycles. The Hall–Kier alpha value is -2.07. The quantitative estimate of drug-likeness (QED) is 0.304. The first-order valence-electron chi connectivity index (χ1n) is 9.84. The second-order valence-electron chi connectivity index (χ2n) is 6.99. The molecule has 0 aromatic heterocycles. The third-order valence-electron chi connectivity index (χ3n) is 5.18. The first-order valence-corrected chi connectivity index (χ1v) is 10.2. The van der Waals surface area contributed by atoms with E-state index >= 15 is 0 Å². The van der Waals surface area contributed by atoms with Crippen molar-refractivity contribution in [2.24, 2.45) is 4.99 Å². The van der Waals surface area contributed by atoms with Gasteiger partial charge in [0.05, 0.1) is 33.4 Å². The third-order valence-corrected chi connectivity index (χ3v) is 5.41. The molecule has 1 heterocycles. The molecule has 0 bridgehead atoms. The molecule has 1 unspecified atom stereocenters. The highest BCUT2D eigenvalue weighted by molar-refractivity contribution is 14.0. The van der Waals surface area contributed by atoms with Crippen molar-refractivity contribution in [3.63, 3.8) is 0 Å². The van der Waals surface area contributed by atoms with Crippen LogP contribution < -0.4 is 29.7 Å². The molecule has 1 fully saturated rings. The zero-order valence-electron chi connectivity index (χ0n) is 18.3. The molecule has 170 valence electrons. The van der Waals surface area contributed by atoms with Crippen LogP contribution in [0.5, 0.6) is 17.2 Å². The standard InChI is InChI=1S/C22H29ClN4O3.HI/c1-24-22(25-13-19-20(29-3)11-18(28-2)12-21(19)30-4)26-16-8-9-27(14-16)17-7-5-6-15(23)10-17;/h5-7,10-12,16H,8-9,13-14H2,1-4H3,(H2,24,25,26);1H. The molecule has 2 aromatic rings. The summed E-state index contributed by atoms with van der Waals surface area (Å²) in [6.45, 7) is 2.35. The van der Waals surface area contributed by atoms with Crippen molar-refractivity contribution in [1.29, 1.82) is 0 Å². The Bertz CT molecular complexity index is 872. The van der Waals surface area contributed by atoms with Crippen molar-refractivity contribution < 1.29 is 14.2 Å². The predicted octanol–water partition coefficient (Wildman–Crippen LogP) is 3.93. The Morgan fingerprint density at radius 3 is 2.42 bits per heavy atom. The summed E-state index contributed by atoms with van der Waals surface area (Å²) in [4.78, 5) is 6.70. The lowest BCUT2D eigenvalue weighted by Gasteiger charge is -2.21. The van der Waals surface area contributed by atoms with E-state index in [9.17, 15) is 0 Å². The van der Waals surface area contributed by atoms with Gasteiger partial charge in [0.1, 0.15) is 17.2 Å². The maximum absolute atomic E-state index is 6.13. The van der Waals surface area contributed by atoms with Crippen LogP contribution >= 0.6 is 35.6 Å². The number of guanidine groups is 1. The van der Waals surface area contributed by atoms with Crippen molar-refractivity contribution in [3.8, 4) is 17.2 Å². The Balaban J connectivity index is 0.00000341. The molecule has 2 aromatic carbocycles. The number of nitrogens with zero attached hydrogens (tertiary/aromatic N) is 2. The highest BCUT2D eigenvalue weighted by atomic mass is 127. The number of nitrogens with one attached hydrogen (secondary N) is 2. The number of anilines is 1. The van der Waals surface area contributed by atoms with Crippen LogP contribution in [0.15, 0.2) is 41.4 Å². The van der Waals surface area contributed by atoms with Gasteiger partial charge < -0.3 is 29.7 Å². The summed E-state index contributed by atoms with van der Waals surface area (Å²) in [5, 5.41) is 7.62. The maximum atomic E-state index is 6.13. The van der Waals surface area contributed by atoms with E-state index in [-0.39, 0.29) is 30.0 Å². The van der Waals surface area contributed by atoms with Gasteiger partial charge in [-0.15, -0.1) is 24.0 Å². The van der Waals surface area contributed by atoms with Crippen molar-refractivity contribution in [1.82, 2.24) is 10.6 Å². The molecular weight excluding hydrogens is 531 g/mol. The van der Waals surface area contributed by atoms with Crippen LogP contribution in [0.2, 0.25) is 5.02 Å². The lowest BCUT2D eigenvalue weighted by Crippen LogP contribution is -2.44. The molecule has 0 radical (unpaired) electrons. The van der Waals surface area contributed by atoms with Gasteiger partial charge in [-0.1, -0.05) is 17.7 Å². The fourth-order valence-electron chi connectivity index (χ4n) is 3.60. The fraction of sp³-hybridized carbons (Fsp3) is 0.409. The molecule has 0 aliphatic carbocycles. The first kappa shape index (κ1) is 25.2. The van der Waals surface area contributed by atoms with E-state index in [1.807, 2.05) is 30.3 Å². The van der Waals surface area contributed by atoms with Gasteiger partial charge in [-0.25, -0.2) is 0 Å². The average molecular weight is 561 g/mol. The van der Waals surface area contributed by atoms with Crippen molar-refractivity contribution in [3.05, 3.63) is 47.0 Å². The molecule has 31 heavy (non-hydrogen) atoms. The normalized spacial score (nSPS) is 15.8. The van der Waals surface area contributed by atoms with Gasteiger partial charge in [0, 0.05) is 49.0 Å². The van der Waals surface area contributed by atoms with Gasteiger partial charge in [-0.05, 0) is 24.6 Å². The van der Waals surface area contributed by atoms with E-state index in [2.05, 4.69) is 26.6 Å². The summed E-state index contributed by atoms with van der Waals surface area (Å²) in [6, 6.07) is 11.9. The number of halogens is 2. The molecular formula is C22H30ClIN4O3. The molecule has 3 rings (SSSR count). The maximum Gasteiger partial charge on any atom is 0.191 e. The Kier molecular flexibility index (Phi) is 9.83. The molecule has 1 aliphatic heterocycles. The van der Waals surface area contributed by atoms with E-state index in [0.717, 1.165) is 41.7 Å². The SMILES string of the molecule is CN=C(NCc1c(OC)cc(OC)cc1OC)NC1CCN(c2cccc(Cl)c2)C1.I. The number of benzene rings is 2. The number of methoxy groups -OCH3 is 3. The van der Waals surface area contributed by atoms with Gasteiger partial charge in [0.2, 0.25) is 0 Å². The van der Waals surface area contributed by atoms with Crippen LogP contribution in [-0.2, 0) is 6.54 Å². The van der Waals surface area contributed by atoms with E-state index in [1.165, 1.54) is 0 Å². The summed E-state index contributed by atoms with van der Waals surface area (Å²) < 4.78 is 16.4. The van der Waals surface area contributed by atoms with E-state index in [1.54, 1.807) is 28.4 Å². The summed E-state index contributed by atoms with van der Waals surface area (Å²) in [5.74, 6) is 2.80. The van der Waals surface area contributed by atoms with Gasteiger partial charge in [-0.3, -0.25) is 4.99 Å². The van der Waals surface area contributed by atoms with Crippen LogP contribution in [0, 0.1) is 0 Å². The monoisotopic (exact) mass is 560 g/mol. The lowest BCUT2D eigenvalue weighted by atomic mass is 10.1. The van der Waals surface area contributed by atoms with Crippen molar-refractivity contribution >= 4 is 47.2 Å².